The van der Waals surface area contributed by atoms with E-state index in [1.54, 1.807) is 29.2 Å². The Labute approximate surface area is 165 Å². The van der Waals surface area contributed by atoms with Crippen LogP contribution in [-0.2, 0) is 14.8 Å². The molecule has 1 heterocycles. The number of piperidine rings is 1. The maximum absolute atomic E-state index is 12.9. The summed E-state index contributed by atoms with van der Waals surface area (Å²) in [6.07, 6.45) is 0.640. The van der Waals surface area contributed by atoms with E-state index in [1.165, 1.54) is 12.1 Å². The Bertz CT molecular complexity index is 974. The lowest BCUT2D eigenvalue weighted by Gasteiger charge is -2.33. The molecule has 0 aromatic heterocycles. The van der Waals surface area contributed by atoms with E-state index in [2.05, 4.69) is 4.72 Å². The second-order valence-corrected chi connectivity index (χ2v) is 9.67. The van der Waals surface area contributed by atoms with Gasteiger partial charge in [-0.3, -0.25) is 0 Å². The van der Waals surface area contributed by atoms with Crippen molar-refractivity contribution in [1.82, 2.24) is 9.62 Å². The van der Waals surface area contributed by atoms with Crippen molar-refractivity contribution < 1.29 is 23.1 Å². The van der Waals surface area contributed by atoms with Crippen LogP contribution in [0, 0.1) is 0 Å². The number of amides is 1. The Balaban J connectivity index is 1.70. The van der Waals surface area contributed by atoms with Crippen LogP contribution in [-0.4, -0.2) is 49.2 Å². The van der Waals surface area contributed by atoms with Crippen molar-refractivity contribution in [1.29, 1.82) is 0 Å². The van der Waals surface area contributed by atoms with Crippen molar-refractivity contribution in [3.63, 3.8) is 0 Å². The van der Waals surface area contributed by atoms with E-state index in [0.717, 1.165) is 0 Å². The van der Waals surface area contributed by atoms with Crippen molar-refractivity contribution in [2.75, 3.05) is 13.1 Å². The minimum Gasteiger partial charge on any atom is -0.507 e. The number of likely N-dealkylation sites (tertiary alicyclic amines) is 1. The van der Waals surface area contributed by atoms with Crippen LogP contribution in [0.15, 0.2) is 41.3 Å². The third-order valence-corrected chi connectivity index (χ3v) is 6.20. The van der Waals surface area contributed by atoms with E-state index < -0.39 is 15.6 Å². The van der Waals surface area contributed by atoms with Gasteiger partial charge in [0.1, 0.15) is 11.4 Å². The fraction of sp³-hybridized carbons (Fsp3) is 0.450. The number of phenols is 1. The molecule has 0 unspecified atom stereocenters. The number of hydrogen-bond donors (Lipinski definition) is 2. The van der Waals surface area contributed by atoms with Crippen LogP contribution >= 0.6 is 0 Å². The third kappa shape index (κ3) is 4.56. The molecule has 2 N–H and O–H groups in total. The minimum absolute atomic E-state index is 0.0419. The Hall–Kier alpha value is -2.32. The summed E-state index contributed by atoms with van der Waals surface area (Å²) in [5.41, 5.74) is -0.560. The number of sulfonamides is 1. The molecule has 8 heteroatoms. The van der Waals surface area contributed by atoms with Crippen molar-refractivity contribution >= 4 is 26.9 Å². The molecule has 1 amide bonds. The van der Waals surface area contributed by atoms with Crippen molar-refractivity contribution in [2.45, 2.75) is 50.2 Å². The minimum atomic E-state index is -3.77. The number of carbonyl (C=O) groups excluding carboxylic acids is 1. The first-order valence-corrected chi connectivity index (χ1v) is 10.8. The van der Waals surface area contributed by atoms with Crippen LogP contribution in [0.25, 0.3) is 10.8 Å². The first-order chi connectivity index (χ1) is 13.1. The number of nitrogens with one attached hydrogen (secondary N) is 1. The monoisotopic (exact) mass is 406 g/mol. The summed E-state index contributed by atoms with van der Waals surface area (Å²) in [5, 5.41) is 10.9. The molecule has 3 rings (SSSR count). The molecule has 0 radical (unpaired) electrons. The lowest BCUT2D eigenvalue weighted by atomic mass is 10.1. The van der Waals surface area contributed by atoms with Crippen LogP contribution < -0.4 is 4.72 Å². The summed E-state index contributed by atoms with van der Waals surface area (Å²) >= 11 is 0. The van der Waals surface area contributed by atoms with Gasteiger partial charge in [0.25, 0.3) is 0 Å². The molecule has 152 valence electrons. The van der Waals surface area contributed by atoms with E-state index >= 15 is 0 Å². The molecule has 0 atom stereocenters. The van der Waals surface area contributed by atoms with Gasteiger partial charge >= 0.3 is 6.09 Å². The molecule has 0 spiro atoms. The van der Waals surface area contributed by atoms with Gasteiger partial charge in [0.2, 0.25) is 10.0 Å². The van der Waals surface area contributed by atoms with Crippen LogP contribution in [0.3, 0.4) is 0 Å². The largest absolute Gasteiger partial charge is 0.507 e. The highest BCUT2D eigenvalue weighted by Crippen LogP contribution is 2.30. The Morgan fingerprint density at radius 3 is 2.32 bits per heavy atom. The lowest BCUT2D eigenvalue weighted by molar-refractivity contribution is 0.0203. The Kier molecular flexibility index (Phi) is 5.54. The van der Waals surface area contributed by atoms with E-state index in [0.29, 0.717) is 36.7 Å². The maximum Gasteiger partial charge on any atom is 0.410 e. The fourth-order valence-corrected chi connectivity index (χ4v) is 4.80. The highest BCUT2D eigenvalue weighted by molar-refractivity contribution is 7.89. The number of benzene rings is 2. The molecule has 2 aromatic carbocycles. The normalized spacial score (nSPS) is 16.3. The van der Waals surface area contributed by atoms with Gasteiger partial charge in [0.05, 0.1) is 4.90 Å². The van der Waals surface area contributed by atoms with Crippen molar-refractivity contribution in [3.8, 4) is 5.75 Å². The molecule has 1 saturated heterocycles. The van der Waals surface area contributed by atoms with Gasteiger partial charge in [-0.1, -0.05) is 24.3 Å². The van der Waals surface area contributed by atoms with Crippen LogP contribution in [0.4, 0.5) is 4.79 Å². The lowest BCUT2D eigenvalue weighted by Crippen LogP contribution is -2.47. The van der Waals surface area contributed by atoms with Gasteiger partial charge in [-0.25, -0.2) is 17.9 Å². The van der Waals surface area contributed by atoms with Gasteiger partial charge in [0.15, 0.2) is 0 Å². The molecule has 1 aliphatic rings. The van der Waals surface area contributed by atoms with Crippen LogP contribution in [0.1, 0.15) is 33.6 Å². The molecule has 7 nitrogen and oxygen atoms in total. The van der Waals surface area contributed by atoms with E-state index in [-0.39, 0.29) is 22.8 Å². The first kappa shape index (κ1) is 20.4. The average molecular weight is 407 g/mol. The molecular formula is C20H26N2O5S. The predicted octanol–water partition coefficient (Wildman–Crippen LogP) is 3.22. The topological polar surface area (TPSA) is 95.9 Å². The molecule has 0 saturated carbocycles. The Morgan fingerprint density at radius 1 is 1.11 bits per heavy atom. The molecular weight excluding hydrogens is 380 g/mol. The number of rotatable bonds is 3. The Morgan fingerprint density at radius 2 is 1.71 bits per heavy atom. The SMILES string of the molecule is CC(C)(C)OC(=O)N1CCC(NS(=O)(=O)c2ccc(O)c3ccccc23)CC1. The standard InChI is InChI=1S/C20H26N2O5S/c1-20(2,3)27-19(24)22-12-10-14(11-13-22)21-28(25,26)18-9-8-17(23)15-6-4-5-7-16(15)18/h4-9,14,21,23H,10-13H2,1-3H3. The number of fused-ring (bicyclic) bond motifs is 1. The molecule has 1 aliphatic heterocycles. The summed E-state index contributed by atoms with van der Waals surface area (Å²) in [4.78, 5) is 13.9. The zero-order valence-electron chi connectivity index (χ0n) is 16.3. The number of nitrogens with zero attached hydrogens (tertiary/aromatic N) is 1. The zero-order valence-corrected chi connectivity index (χ0v) is 17.1. The smallest absolute Gasteiger partial charge is 0.410 e. The summed E-state index contributed by atoms with van der Waals surface area (Å²) in [5.74, 6) is 0.0419. The van der Waals surface area contributed by atoms with E-state index in [4.69, 9.17) is 4.74 Å². The zero-order chi connectivity index (χ0) is 20.5. The van der Waals surface area contributed by atoms with Gasteiger partial charge in [0, 0.05) is 29.9 Å². The molecule has 2 aromatic rings. The van der Waals surface area contributed by atoms with Crippen molar-refractivity contribution in [2.24, 2.45) is 0 Å². The van der Waals surface area contributed by atoms with E-state index in [9.17, 15) is 18.3 Å². The summed E-state index contributed by atoms with van der Waals surface area (Å²) < 4.78 is 34.0. The number of phenolic OH excluding ortho intramolecular Hbond substituents is 1. The molecule has 1 fully saturated rings. The van der Waals surface area contributed by atoms with Gasteiger partial charge in [-0.05, 0) is 45.7 Å². The quantitative estimate of drug-likeness (QED) is 0.816. The first-order valence-electron chi connectivity index (χ1n) is 9.28. The summed E-state index contributed by atoms with van der Waals surface area (Å²) in [7, 11) is -3.77. The molecule has 0 bridgehead atoms. The average Bonchev–Trinajstić information content (AvgIpc) is 2.61. The summed E-state index contributed by atoms with van der Waals surface area (Å²) in [6, 6.07) is 9.38. The predicted molar refractivity (Wildman–Crippen MR) is 107 cm³/mol. The second-order valence-electron chi connectivity index (χ2n) is 7.99. The number of carbonyl (C=O) groups is 1. The van der Waals surface area contributed by atoms with E-state index in [1.807, 2.05) is 20.8 Å². The number of hydrogen-bond acceptors (Lipinski definition) is 5. The van der Waals surface area contributed by atoms with Gasteiger partial charge < -0.3 is 14.7 Å². The highest BCUT2D eigenvalue weighted by atomic mass is 32.2. The van der Waals surface area contributed by atoms with Crippen molar-refractivity contribution in [3.05, 3.63) is 36.4 Å². The number of aromatic hydroxyl groups is 1. The summed E-state index contributed by atoms with van der Waals surface area (Å²) in [6.45, 7) is 6.30. The van der Waals surface area contributed by atoms with Crippen LogP contribution in [0.2, 0.25) is 0 Å². The molecule has 28 heavy (non-hydrogen) atoms. The highest BCUT2D eigenvalue weighted by Gasteiger charge is 2.29. The maximum atomic E-state index is 12.9. The second kappa shape index (κ2) is 7.60. The number of ether oxygens (including phenoxy) is 1. The third-order valence-electron chi connectivity index (χ3n) is 4.62. The van der Waals surface area contributed by atoms with Gasteiger partial charge in [-0.15, -0.1) is 0 Å². The van der Waals surface area contributed by atoms with Gasteiger partial charge in [-0.2, -0.15) is 0 Å². The fourth-order valence-electron chi connectivity index (χ4n) is 3.28. The van der Waals surface area contributed by atoms with Crippen LogP contribution in [0.5, 0.6) is 5.75 Å². The molecule has 0 aliphatic carbocycles.